The quantitative estimate of drug-likeness (QED) is 0.565. The van der Waals surface area contributed by atoms with Crippen LogP contribution in [-0.2, 0) is 12.4 Å². The topological polar surface area (TPSA) is 0 Å². The molecule has 0 aliphatic heterocycles. The third kappa shape index (κ3) is 2.96. The van der Waals surface area contributed by atoms with Crippen LogP contribution in [0, 0.1) is 13.8 Å². The van der Waals surface area contributed by atoms with Crippen LogP contribution in [0.1, 0.15) is 22.3 Å². The molecule has 0 aromatic heterocycles. The summed E-state index contributed by atoms with van der Waals surface area (Å²) < 4.78 is 77.6. The van der Waals surface area contributed by atoms with Crippen LogP contribution < -0.4 is 0 Å². The second-order valence-electron chi connectivity index (χ2n) is 4.95. The molecule has 0 bridgehead atoms. The zero-order valence-corrected chi connectivity index (χ0v) is 11.7. The summed E-state index contributed by atoms with van der Waals surface area (Å²) in [5, 5.41) is 0. The molecule has 0 saturated heterocycles. The van der Waals surface area contributed by atoms with Crippen LogP contribution in [-0.4, -0.2) is 0 Å². The lowest BCUT2D eigenvalue weighted by molar-refractivity contribution is -0.139. The lowest BCUT2D eigenvalue weighted by Gasteiger charge is -2.18. The van der Waals surface area contributed by atoms with Crippen LogP contribution in [0.3, 0.4) is 0 Å². The summed E-state index contributed by atoms with van der Waals surface area (Å²) in [5.74, 6) is 0. The smallest absolute Gasteiger partial charge is 0.166 e. The van der Waals surface area contributed by atoms with Gasteiger partial charge in [-0.3, -0.25) is 0 Å². The van der Waals surface area contributed by atoms with Gasteiger partial charge in [0.25, 0.3) is 0 Å². The van der Waals surface area contributed by atoms with E-state index in [1.165, 1.54) is 38.1 Å². The van der Waals surface area contributed by atoms with E-state index < -0.39 is 23.5 Å². The highest BCUT2D eigenvalue weighted by atomic mass is 19.4. The summed E-state index contributed by atoms with van der Waals surface area (Å²) in [6, 6.07) is 7.03. The number of alkyl halides is 6. The fourth-order valence-electron chi connectivity index (χ4n) is 2.47. The minimum Gasteiger partial charge on any atom is -0.166 e. The molecule has 118 valence electrons. The molecule has 0 atom stereocenters. The van der Waals surface area contributed by atoms with Crippen molar-refractivity contribution in [3.05, 3.63) is 58.7 Å². The van der Waals surface area contributed by atoms with Gasteiger partial charge in [0.1, 0.15) is 0 Å². The van der Waals surface area contributed by atoms with Gasteiger partial charge in [0.05, 0.1) is 11.1 Å². The summed E-state index contributed by atoms with van der Waals surface area (Å²) in [6.45, 7) is 2.52. The average Bonchev–Trinajstić information content (AvgIpc) is 2.37. The van der Waals surface area contributed by atoms with Crippen molar-refractivity contribution < 1.29 is 26.3 Å². The van der Waals surface area contributed by atoms with E-state index in [1.807, 2.05) is 0 Å². The van der Waals surface area contributed by atoms with Crippen LogP contribution in [0.5, 0.6) is 0 Å². The van der Waals surface area contributed by atoms with Gasteiger partial charge in [-0.2, -0.15) is 26.3 Å². The van der Waals surface area contributed by atoms with Crippen molar-refractivity contribution in [1.82, 2.24) is 0 Å². The van der Waals surface area contributed by atoms with E-state index in [1.54, 1.807) is 0 Å². The van der Waals surface area contributed by atoms with Crippen molar-refractivity contribution in [2.24, 2.45) is 0 Å². The molecule has 0 spiro atoms. The first-order valence-electron chi connectivity index (χ1n) is 6.37. The second-order valence-corrected chi connectivity index (χ2v) is 4.95. The largest absolute Gasteiger partial charge is 0.416 e. The van der Waals surface area contributed by atoms with Crippen molar-refractivity contribution in [3.63, 3.8) is 0 Å². The fourth-order valence-corrected chi connectivity index (χ4v) is 2.47. The Bertz CT molecular complexity index is 633. The molecule has 2 aromatic rings. The Morgan fingerprint density at radius 1 is 0.591 bits per heavy atom. The zero-order chi connectivity index (χ0) is 16.7. The van der Waals surface area contributed by atoms with E-state index in [9.17, 15) is 26.3 Å². The third-order valence-electron chi connectivity index (χ3n) is 3.57. The highest BCUT2D eigenvalue weighted by Gasteiger charge is 2.35. The Morgan fingerprint density at radius 2 is 0.909 bits per heavy atom. The van der Waals surface area contributed by atoms with Gasteiger partial charge in [-0.25, -0.2) is 0 Å². The van der Waals surface area contributed by atoms with E-state index >= 15 is 0 Å². The second kappa shape index (κ2) is 5.34. The lowest BCUT2D eigenvalue weighted by atomic mass is 9.91. The number of benzene rings is 2. The molecule has 0 aliphatic rings. The van der Waals surface area contributed by atoms with Gasteiger partial charge in [-0.1, -0.05) is 24.3 Å². The normalized spacial score (nSPS) is 12.5. The van der Waals surface area contributed by atoms with Crippen molar-refractivity contribution in [2.75, 3.05) is 0 Å². The van der Waals surface area contributed by atoms with Crippen LogP contribution in [0.25, 0.3) is 11.1 Å². The van der Waals surface area contributed by atoms with Gasteiger partial charge < -0.3 is 0 Å². The van der Waals surface area contributed by atoms with E-state index in [4.69, 9.17) is 0 Å². The average molecular weight is 318 g/mol. The van der Waals surface area contributed by atoms with Crippen molar-refractivity contribution in [2.45, 2.75) is 26.2 Å². The Morgan fingerprint density at radius 3 is 1.18 bits per heavy atom. The van der Waals surface area contributed by atoms with Crippen LogP contribution in [0.4, 0.5) is 26.3 Å². The minimum atomic E-state index is -4.55. The molecule has 0 aliphatic carbocycles. The summed E-state index contributed by atoms with van der Waals surface area (Å²) in [5.41, 5.74) is -1.56. The molecule has 0 saturated carbocycles. The molecule has 22 heavy (non-hydrogen) atoms. The number of halogens is 6. The third-order valence-corrected chi connectivity index (χ3v) is 3.57. The van der Waals surface area contributed by atoms with Gasteiger partial charge in [-0.05, 0) is 48.2 Å². The van der Waals surface area contributed by atoms with Gasteiger partial charge in [0.15, 0.2) is 0 Å². The first-order valence-corrected chi connectivity index (χ1v) is 6.37. The zero-order valence-electron chi connectivity index (χ0n) is 11.7. The Hall–Kier alpha value is -1.98. The number of hydrogen-bond donors (Lipinski definition) is 0. The van der Waals surface area contributed by atoms with E-state index in [2.05, 4.69) is 0 Å². The predicted octanol–water partition coefficient (Wildman–Crippen LogP) is 6.01. The maximum Gasteiger partial charge on any atom is 0.416 e. The molecule has 2 rings (SSSR count). The number of hydrogen-bond acceptors (Lipinski definition) is 0. The molecule has 2 aromatic carbocycles. The summed E-state index contributed by atoms with van der Waals surface area (Å²) >= 11 is 0. The molecule has 0 fully saturated rings. The predicted molar refractivity (Wildman–Crippen MR) is 71.4 cm³/mol. The van der Waals surface area contributed by atoms with Crippen molar-refractivity contribution >= 4 is 0 Å². The molecule has 0 N–H and O–H groups in total. The maximum atomic E-state index is 12.9. The molecular weight excluding hydrogens is 306 g/mol. The minimum absolute atomic E-state index is 0.0857. The maximum absolute atomic E-state index is 12.9. The Balaban J connectivity index is 2.69. The SMILES string of the molecule is Cc1c(-c2cccc(C(F)(F)F)c2C)cccc1C(F)(F)F. The van der Waals surface area contributed by atoms with Crippen LogP contribution in [0.15, 0.2) is 36.4 Å². The molecule has 0 radical (unpaired) electrons. The standard InChI is InChI=1S/C16H12F6/c1-9-11(5-3-7-13(9)15(17,18)19)12-6-4-8-14(10(12)2)16(20,21)22/h3-8H,1-2H3. The Labute approximate surface area is 123 Å². The van der Waals surface area contributed by atoms with E-state index in [-0.39, 0.29) is 22.3 Å². The highest BCUT2D eigenvalue weighted by Crippen LogP contribution is 2.40. The lowest BCUT2D eigenvalue weighted by Crippen LogP contribution is -2.10. The first-order chi connectivity index (χ1) is 10.0. The van der Waals surface area contributed by atoms with E-state index in [0.717, 1.165) is 12.1 Å². The molecule has 0 nitrogen and oxygen atoms in total. The summed E-state index contributed by atoms with van der Waals surface area (Å²) in [7, 11) is 0. The summed E-state index contributed by atoms with van der Waals surface area (Å²) in [6.07, 6.45) is -9.09. The summed E-state index contributed by atoms with van der Waals surface area (Å²) in [4.78, 5) is 0. The molecule has 6 heteroatoms. The van der Waals surface area contributed by atoms with E-state index in [0.29, 0.717) is 0 Å². The van der Waals surface area contributed by atoms with Crippen LogP contribution in [0.2, 0.25) is 0 Å². The van der Waals surface area contributed by atoms with Gasteiger partial charge >= 0.3 is 12.4 Å². The van der Waals surface area contributed by atoms with Crippen molar-refractivity contribution in [3.8, 4) is 11.1 Å². The van der Waals surface area contributed by atoms with Crippen molar-refractivity contribution in [1.29, 1.82) is 0 Å². The molecule has 0 unspecified atom stereocenters. The Kier molecular flexibility index (Phi) is 3.98. The number of rotatable bonds is 1. The van der Waals surface area contributed by atoms with Crippen LogP contribution >= 0.6 is 0 Å². The first kappa shape index (κ1) is 16.4. The monoisotopic (exact) mass is 318 g/mol. The molecule has 0 amide bonds. The molecular formula is C16H12F6. The highest BCUT2D eigenvalue weighted by molar-refractivity contribution is 5.73. The van der Waals surface area contributed by atoms with Gasteiger partial charge in [-0.15, -0.1) is 0 Å². The fraction of sp³-hybridized carbons (Fsp3) is 0.250. The van der Waals surface area contributed by atoms with Gasteiger partial charge in [0.2, 0.25) is 0 Å². The molecule has 0 heterocycles. The van der Waals surface area contributed by atoms with Gasteiger partial charge in [0, 0.05) is 0 Å².